The number of ether oxygens (including phenoxy) is 1. The lowest BCUT2D eigenvalue weighted by Gasteiger charge is -2.24. The number of carboxylic acid groups (broad SMARTS) is 1. The first kappa shape index (κ1) is 24.5. The van der Waals surface area contributed by atoms with Gasteiger partial charge in [-0.3, -0.25) is 0 Å². The van der Waals surface area contributed by atoms with Crippen molar-refractivity contribution in [3.8, 4) is 5.75 Å². The Hall–Kier alpha value is -2.62. The van der Waals surface area contributed by atoms with Crippen molar-refractivity contribution in [3.63, 3.8) is 0 Å². The minimum Gasteiger partial charge on any atom is -0.488 e. The van der Waals surface area contributed by atoms with E-state index in [1.54, 1.807) is 6.07 Å². The Morgan fingerprint density at radius 3 is 2.53 bits per heavy atom. The normalized spacial score (nSPS) is 25.4. The van der Waals surface area contributed by atoms with Gasteiger partial charge in [0.15, 0.2) is 0 Å². The van der Waals surface area contributed by atoms with E-state index in [1.165, 1.54) is 12.1 Å². The van der Waals surface area contributed by atoms with Gasteiger partial charge in [-0.2, -0.15) is 8.78 Å². The second-order valence-electron chi connectivity index (χ2n) is 8.51. The second kappa shape index (κ2) is 9.20. The van der Waals surface area contributed by atoms with Crippen molar-refractivity contribution in [2.75, 3.05) is 0 Å². The van der Waals surface area contributed by atoms with Crippen LogP contribution in [-0.2, 0) is 12.3 Å². The molecule has 4 rings (SSSR count). The molecule has 0 saturated heterocycles. The summed E-state index contributed by atoms with van der Waals surface area (Å²) >= 11 is 6.23. The molecule has 34 heavy (non-hydrogen) atoms. The lowest BCUT2D eigenvalue weighted by Crippen LogP contribution is -2.32. The van der Waals surface area contributed by atoms with Crippen molar-refractivity contribution in [2.45, 2.75) is 43.5 Å². The van der Waals surface area contributed by atoms with Crippen molar-refractivity contribution < 1.29 is 42.4 Å². The number of fused-ring (bicyclic) bond motifs is 2. The molecule has 5 nitrogen and oxygen atoms in total. The molecular weight excluding hydrogens is 480 g/mol. The molecule has 10 heteroatoms. The molecule has 1 unspecified atom stereocenters. The van der Waals surface area contributed by atoms with Crippen LogP contribution in [0.1, 0.15) is 34.3 Å². The van der Waals surface area contributed by atoms with Crippen LogP contribution in [-0.4, -0.2) is 39.6 Å². The number of hydrogen-bond donors (Lipinski definition) is 3. The first-order chi connectivity index (χ1) is 16.0. The summed E-state index contributed by atoms with van der Waals surface area (Å²) in [6.45, 7) is 0. The topological polar surface area (TPSA) is 87.0 Å². The van der Waals surface area contributed by atoms with Crippen LogP contribution in [0.2, 0.25) is 5.02 Å². The molecule has 3 N–H and O–H groups in total. The van der Waals surface area contributed by atoms with E-state index in [1.807, 2.05) is 0 Å². The number of carbonyl (C=O) groups is 1. The van der Waals surface area contributed by atoms with E-state index in [2.05, 4.69) is 0 Å². The molecule has 1 heterocycles. The fourth-order valence-electron chi connectivity index (χ4n) is 4.77. The molecule has 2 aliphatic rings. The summed E-state index contributed by atoms with van der Waals surface area (Å²) in [5.74, 6) is -9.25. The summed E-state index contributed by atoms with van der Waals surface area (Å²) in [5, 5.41) is 29.9. The molecule has 1 aliphatic carbocycles. The van der Waals surface area contributed by atoms with Crippen LogP contribution in [0.15, 0.2) is 42.5 Å². The van der Waals surface area contributed by atoms with Crippen molar-refractivity contribution in [1.82, 2.24) is 0 Å². The first-order valence-electron chi connectivity index (χ1n) is 10.6. The highest BCUT2D eigenvalue weighted by Crippen LogP contribution is 2.45. The molecular formula is C24H21ClF4O5. The van der Waals surface area contributed by atoms with Crippen LogP contribution in [0.4, 0.5) is 17.6 Å². The number of carboxylic acids is 1. The van der Waals surface area contributed by atoms with Crippen molar-refractivity contribution in [2.24, 2.45) is 11.8 Å². The largest absolute Gasteiger partial charge is 0.488 e. The van der Waals surface area contributed by atoms with Crippen molar-refractivity contribution in [3.05, 3.63) is 75.8 Å². The third-order valence-electron chi connectivity index (χ3n) is 6.50. The summed E-state index contributed by atoms with van der Waals surface area (Å²) in [4.78, 5) is 11.4. The zero-order valence-electron chi connectivity index (χ0n) is 17.6. The van der Waals surface area contributed by atoms with Gasteiger partial charge < -0.3 is 20.1 Å². The van der Waals surface area contributed by atoms with Gasteiger partial charge in [0.05, 0.1) is 22.3 Å². The minimum absolute atomic E-state index is 0.0545. The average molecular weight is 501 g/mol. The SMILES string of the molecule is O=C(O)c1ccc2c(c1Cl)O[C@H]1C[C@@H](O)[C@H](/C=C/C(O)C(F)(F)c3c(F)cccc3F)[C@H]1CC2. The van der Waals surface area contributed by atoms with Gasteiger partial charge in [-0.25, -0.2) is 13.6 Å². The number of benzene rings is 2. The summed E-state index contributed by atoms with van der Waals surface area (Å²) in [7, 11) is 0. The summed E-state index contributed by atoms with van der Waals surface area (Å²) in [5.41, 5.74) is -0.975. The molecule has 1 aliphatic heterocycles. The molecule has 1 fully saturated rings. The monoisotopic (exact) mass is 500 g/mol. The second-order valence-corrected chi connectivity index (χ2v) is 8.89. The zero-order chi connectivity index (χ0) is 24.8. The van der Waals surface area contributed by atoms with Crippen LogP contribution < -0.4 is 4.74 Å². The molecule has 182 valence electrons. The number of hydrogen-bond acceptors (Lipinski definition) is 4. The quantitative estimate of drug-likeness (QED) is 0.409. The number of aromatic carboxylic acids is 1. The van der Waals surface area contributed by atoms with E-state index in [0.717, 1.165) is 12.1 Å². The van der Waals surface area contributed by atoms with Crippen molar-refractivity contribution >= 4 is 17.6 Å². The van der Waals surface area contributed by atoms with E-state index in [-0.39, 0.29) is 28.7 Å². The fraction of sp³-hybridized carbons (Fsp3) is 0.375. The van der Waals surface area contributed by atoms with Gasteiger partial charge in [0.2, 0.25) is 0 Å². The smallest absolute Gasteiger partial charge is 0.337 e. The highest BCUT2D eigenvalue weighted by Gasteiger charge is 2.46. The lowest BCUT2D eigenvalue weighted by molar-refractivity contribution is -0.0977. The van der Waals surface area contributed by atoms with E-state index in [9.17, 15) is 37.7 Å². The Morgan fingerprint density at radius 2 is 1.88 bits per heavy atom. The van der Waals surface area contributed by atoms with Crippen molar-refractivity contribution in [1.29, 1.82) is 0 Å². The summed E-state index contributed by atoms with van der Waals surface area (Å²) in [6.07, 6.45) is -1.13. The Bertz CT molecular complexity index is 1120. The van der Waals surface area contributed by atoms with Crippen LogP contribution in [0.25, 0.3) is 0 Å². The van der Waals surface area contributed by atoms with Crippen LogP contribution in [0.3, 0.4) is 0 Å². The highest BCUT2D eigenvalue weighted by atomic mass is 35.5. The third-order valence-corrected chi connectivity index (χ3v) is 6.87. The van der Waals surface area contributed by atoms with Gasteiger partial charge in [-0.1, -0.05) is 35.9 Å². The van der Waals surface area contributed by atoms with Gasteiger partial charge in [-0.05, 0) is 36.6 Å². The molecule has 0 aromatic heterocycles. The molecule has 0 bridgehead atoms. The molecule has 2 aromatic carbocycles. The molecule has 0 radical (unpaired) electrons. The van der Waals surface area contributed by atoms with E-state index in [4.69, 9.17) is 16.3 Å². The lowest BCUT2D eigenvalue weighted by atomic mass is 9.87. The number of halogens is 5. The molecule has 0 amide bonds. The predicted molar refractivity (Wildman–Crippen MR) is 114 cm³/mol. The van der Waals surface area contributed by atoms with Crippen LogP contribution in [0, 0.1) is 23.5 Å². The van der Waals surface area contributed by atoms with Gasteiger partial charge >= 0.3 is 11.9 Å². The Balaban J connectivity index is 1.56. The fourth-order valence-corrected chi connectivity index (χ4v) is 5.08. The van der Waals surface area contributed by atoms with Gasteiger partial charge in [-0.15, -0.1) is 0 Å². The first-order valence-corrected chi connectivity index (χ1v) is 11.0. The molecule has 2 aromatic rings. The zero-order valence-corrected chi connectivity index (χ0v) is 18.4. The Morgan fingerprint density at radius 1 is 1.21 bits per heavy atom. The standard InChI is InChI=1S/C24H21ClF4O5/c25-21-14(23(32)33)7-5-11-4-6-13-12(17(30)10-18(13)34-22(11)21)8-9-19(31)24(28,29)20-15(26)2-1-3-16(20)27/h1-3,5,7-9,12-13,17-19,30-31H,4,6,10H2,(H,32,33)/b9-8+/t12-,13-,17-,18+,19?/m1/s1. The predicted octanol–water partition coefficient (Wildman–Crippen LogP) is 4.72. The Kier molecular flexibility index (Phi) is 6.63. The van der Waals surface area contributed by atoms with Gasteiger partial charge in [0.1, 0.15) is 29.6 Å². The Labute approximate surface area is 197 Å². The molecule has 1 saturated carbocycles. The maximum absolute atomic E-state index is 14.6. The highest BCUT2D eigenvalue weighted by molar-refractivity contribution is 6.35. The maximum Gasteiger partial charge on any atom is 0.337 e. The number of aliphatic hydroxyl groups is 2. The van der Waals surface area contributed by atoms with Crippen LogP contribution in [0.5, 0.6) is 5.75 Å². The van der Waals surface area contributed by atoms with E-state index >= 15 is 0 Å². The minimum atomic E-state index is -4.24. The molecule has 5 atom stereocenters. The van der Waals surface area contributed by atoms with Crippen LogP contribution >= 0.6 is 11.6 Å². The number of rotatable bonds is 5. The summed E-state index contributed by atoms with van der Waals surface area (Å²) in [6, 6.07) is 5.27. The maximum atomic E-state index is 14.6. The van der Waals surface area contributed by atoms with E-state index in [0.29, 0.717) is 30.5 Å². The number of alkyl halides is 2. The number of aryl methyl sites for hydroxylation is 1. The van der Waals surface area contributed by atoms with Gasteiger partial charge in [0.25, 0.3) is 0 Å². The van der Waals surface area contributed by atoms with Gasteiger partial charge in [0, 0.05) is 18.3 Å². The third kappa shape index (κ3) is 4.28. The average Bonchev–Trinajstić information content (AvgIpc) is 2.93. The summed E-state index contributed by atoms with van der Waals surface area (Å²) < 4.78 is 63.0. The van der Waals surface area contributed by atoms with E-state index < -0.39 is 53.3 Å². The molecule has 0 spiro atoms. The number of aliphatic hydroxyl groups excluding tert-OH is 2.